The molecular weight excluding hydrogens is 235 g/mol. The third-order valence-electron chi connectivity index (χ3n) is 2.53. The van der Waals surface area contributed by atoms with Crippen LogP contribution in [0.15, 0.2) is 30.6 Å². The Morgan fingerprint density at radius 3 is 2.78 bits per heavy atom. The number of carbonyl (C=O) groups is 1. The van der Waals surface area contributed by atoms with Crippen molar-refractivity contribution in [3.63, 3.8) is 0 Å². The maximum absolute atomic E-state index is 13.2. The fourth-order valence-electron chi connectivity index (χ4n) is 1.55. The van der Waals surface area contributed by atoms with Crippen molar-refractivity contribution in [2.45, 2.75) is 6.92 Å². The highest BCUT2D eigenvalue weighted by atomic mass is 19.1. The van der Waals surface area contributed by atoms with Crippen molar-refractivity contribution in [2.75, 3.05) is 7.11 Å². The lowest BCUT2D eigenvalue weighted by Gasteiger charge is -2.05. The van der Waals surface area contributed by atoms with E-state index in [4.69, 9.17) is 4.74 Å². The first-order valence-electron chi connectivity index (χ1n) is 5.28. The fourth-order valence-corrected chi connectivity index (χ4v) is 1.55. The van der Waals surface area contributed by atoms with Crippen LogP contribution in [-0.4, -0.2) is 22.9 Å². The summed E-state index contributed by atoms with van der Waals surface area (Å²) in [5, 5.41) is 0. The molecule has 4 nitrogen and oxygen atoms in total. The van der Waals surface area contributed by atoms with Gasteiger partial charge in [-0.25, -0.2) is 14.4 Å². The summed E-state index contributed by atoms with van der Waals surface area (Å²) in [5.41, 5.74) is 1.16. The first-order chi connectivity index (χ1) is 8.61. The minimum Gasteiger partial charge on any atom is -0.481 e. The minimum absolute atomic E-state index is 0.176. The zero-order chi connectivity index (χ0) is 13.1. The lowest BCUT2D eigenvalue weighted by atomic mass is 10.0. The molecule has 0 aliphatic rings. The first kappa shape index (κ1) is 12.2. The van der Waals surface area contributed by atoms with E-state index in [9.17, 15) is 9.18 Å². The second kappa shape index (κ2) is 4.91. The van der Waals surface area contributed by atoms with E-state index < -0.39 is 5.82 Å². The van der Waals surface area contributed by atoms with Crippen molar-refractivity contribution < 1.29 is 13.9 Å². The van der Waals surface area contributed by atoms with Gasteiger partial charge in [-0.15, -0.1) is 0 Å². The van der Waals surface area contributed by atoms with Gasteiger partial charge in [-0.2, -0.15) is 0 Å². The van der Waals surface area contributed by atoms with Crippen LogP contribution in [0.25, 0.3) is 0 Å². The maximum atomic E-state index is 13.2. The van der Waals surface area contributed by atoms with Crippen molar-refractivity contribution in [1.82, 2.24) is 9.97 Å². The lowest BCUT2D eigenvalue weighted by Crippen LogP contribution is -2.07. The summed E-state index contributed by atoms with van der Waals surface area (Å²) in [4.78, 5) is 19.9. The number of ether oxygens (including phenoxy) is 1. The molecule has 0 unspecified atom stereocenters. The molecule has 5 heteroatoms. The quantitative estimate of drug-likeness (QED) is 0.779. The van der Waals surface area contributed by atoms with Crippen molar-refractivity contribution in [1.29, 1.82) is 0 Å². The van der Waals surface area contributed by atoms with E-state index in [0.717, 1.165) is 0 Å². The molecule has 18 heavy (non-hydrogen) atoms. The predicted octanol–water partition coefficient (Wildman–Crippen LogP) is 2.16. The number of nitrogens with zero attached hydrogens (tertiary/aromatic N) is 2. The Bertz CT molecular complexity index is 599. The van der Waals surface area contributed by atoms with E-state index in [0.29, 0.717) is 11.4 Å². The van der Waals surface area contributed by atoms with Gasteiger partial charge in [-0.1, -0.05) is 6.07 Å². The normalized spacial score (nSPS) is 10.2. The SMILES string of the molecule is COc1cc(C(=O)c2cc(F)ccc2C)ncn1. The Hall–Kier alpha value is -2.30. The van der Waals surface area contributed by atoms with Gasteiger partial charge in [0.05, 0.1) is 7.11 Å². The summed E-state index contributed by atoms with van der Waals surface area (Å²) < 4.78 is 18.1. The molecule has 1 heterocycles. The van der Waals surface area contributed by atoms with Gasteiger partial charge in [-0.3, -0.25) is 4.79 Å². The van der Waals surface area contributed by atoms with Crippen molar-refractivity contribution in [2.24, 2.45) is 0 Å². The van der Waals surface area contributed by atoms with Gasteiger partial charge in [0.2, 0.25) is 11.7 Å². The van der Waals surface area contributed by atoms with Crippen LogP contribution in [0.3, 0.4) is 0 Å². The zero-order valence-electron chi connectivity index (χ0n) is 9.98. The Morgan fingerprint density at radius 2 is 2.06 bits per heavy atom. The summed E-state index contributed by atoms with van der Waals surface area (Å²) in [6.07, 6.45) is 1.24. The summed E-state index contributed by atoms with van der Waals surface area (Å²) in [5.74, 6) is -0.514. The molecule has 2 rings (SSSR count). The molecule has 0 bridgehead atoms. The highest BCUT2D eigenvalue weighted by molar-refractivity contribution is 6.08. The minimum atomic E-state index is -0.454. The fraction of sp³-hybridized carbons (Fsp3) is 0.154. The average molecular weight is 246 g/mol. The summed E-state index contributed by atoms with van der Waals surface area (Å²) >= 11 is 0. The molecule has 0 atom stereocenters. The van der Waals surface area contributed by atoms with E-state index in [1.807, 2.05) is 0 Å². The molecule has 92 valence electrons. The molecule has 0 saturated carbocycles. The van der Waals surface area contributed by atoms with Crippen molar-refractivity contribution in [3.8, 4) is 5.88 Å². The summed E-state index contributed by atoms with van der Waals surface area (Å²) in [6, 6.07) is 5.49. The molecular formula is C13H11FN2O2. The second-order valence-electron chi connectivity index (χ2n) is 3.73. The molecule has 0 amide bonds. The number of aryl methyl sites for hydroxylation is 1. The van der Waals surface area contributed by atoms with Gasteiger partial charge in [0.1, 0.15) is 17.8 Å². The largest absolute Gasteiger partial charge is 0.481 e. The number of hydrogen-bond acceptors (Lipinski definition) is 4. The third kappa shape index (κ3) is 2.34. The molecule has 0 radical (unpaired) electrons. The molecule has 0 spiro atoms. The van der Waals surface area contributed by atoms with Crippen LogP contribution in [0.1, 0.15) is 21.6 Å². The van der Waals surface area contributed by atoms with E-state index in [2.05, 4.69) is 9.97 Å². The molecule has 1 aromatic carbocycles. The number of aromatic nitrogens is 2. The van der Waals surface area contributed by atoms with E-state index in [1.165, 1.54) is 31.6 Å². The number of benzene rings is 1. The van der Waals surface area contributed by atoms with Crippen LogP contribution in [0, 0.1) is 12.7 Å². The average Bonchev–Trinajstić information content (AvgIpc) is 2.41. The van der Waals surface area contributed by atoms with Gasteiger partial charge in [-0.05, 0) is 24.6 Å². The summed E-state index contributed by atoms with van der Waals surface area (Å²) in [7, 11) is 1.45. The number of halogens is 1. The van der Waals surface area contributed by atoms with Gasteiger partial charge in [0.25, 0.3) is 0 Å². The third-order valence-corrected chi connectivity index (χ3v) is 2.53. The van der Waals surface area contributed by atoms with Crippen LogP contribution in [0.2, 0.25) is 0 Å². The Labute approximate surface area is 103 Å². The topological polar surface area (TPSA) is 52.1 Å². The van der Waals surface area contributed by atoms with Crippen LogP contribution in [-0.2, 0) is 0 Å². The lowest BCUT2D eigenvalue weighted by molar-refractivity contribution is 0.103. The Kier molecular flexibility index (Phi) is 3.32. The number of methoxy groups -OCH3 is 1. The van der Waals surface area contributed by atoms with Crippen molar-refractivity contribution >= 4 is 5.78 Å². The van der Waals surface area contributed by atoms with Crippen LogP contribution in [0.5, 0.6) is 5.88 Å². The standard InChI is InChI=1S/C13H11FN2O2/c1-8-3-4-9(14)5-10(8)13(17)11-6-12(18-2)16-7-15-11/h3-7H,1-2H3. The Balaban J connectivity index is 2.44. The molecule has 0 aliphatic heterocycles. The number of rotatable bonds is 3. The van der Waals surface area contributed by atoms with Crippen LogP contribution < -0.4 is 4.74 Å². The van der Waals surface area contributed by atoms with Crippen molar-refractivity contribution in [3.05, 3.63) is 53.2 Å². The zero-order valence-corrected chi connectivity index (χ0v) is 9.98. The summed E-state index contributed by atoms with van der Waals surface area (Å²) in [6.45, 7) is 1.74. The number of carbonyl (C=O) groups excluding carboxylic acids is 1. The van der Waals surface area contributed by atoms with Gasteiger partial charge < -0.3 is 4.74 Å². The van der Waals surface area contributed by atoms with Gasteiger partial charge in [0, 0.05) is 11.6 Å². The molecule has 0 N–H and O–H groups in total. The van der Waals surface area contributed by atoms with E-state index in [1.54, 1.807) is 13.0 Å². The molecule has 1 aromatic heterocycles. The van der Waals surface area contributed by atoms with E-state index >= 15 is 0 Å². The first-order valence-corrected chi connectivity index (χ1v) is 5.28. The molecule has 0 fully saturated rings. The highest BCUT2D eigenvalue weighted by Gasteiger charge is 2.15. The van der Waals surface area contributed by atoms with Crippen LogP contribution in [0.4, 0.5) is 4.39 Å². The highest BCUT2D eigenvalue weighted by Crippen LogP contribution is 2.16. The van der Waals surface area contributed by atoms with Gasteiger partial charge >= 0.3 is 0 Å². The monoisotopic (exact) mass is 246 g/mol. The molecule has 0 saturated heterocycles. The second-order valence-corrected chi connectivity index (χ2v) is 3.73. The predicted molar refractivity (Wildman–Crippen MR) is 63.2 cm³/mol. The number of ketones is 1. The smallest absolute Gasteiger partial charge is 0.216 e. The maximum Gasteiger partial charge on any atom is 0.216 e. The van der Waals surface area contributed by atoms with E-state index in [-0.39, 0.29) is 17.0 Å². The Morgan fingerprint density at radius 1 is 1.28 bits per heavy atom. The molecule has 2 aromatic rings. The number of hydrogen-bond donors (Lipinski definition) is 0. The van der Waals surface area contributed by atoms with Crippen LogP contribution >= 0.6 is 0 Å². The molecule has 0 aliphatic carbocycles. The van der Waals surface area contributed by atoms with Gasteiger partial charge in [0.15, 0.2) is 0 Å².